The van der Waals surface area contributed by atoms with Crippen molar-refractivity contribution in [3.63, 3.8) is 0 Å². The minimum Gasteiger partial charge on any atom is -0.326 e. The van der Waals surface area contributed by atoms with Gasteiger partial charge in [0.25, 0.3) is 10.0 Å². The molecule has 3 rings (SSSR count). The summed E-state index contributed by atoms with van der Waals surface area (Å²) in [5.41, 5.74) is 1.08. The van der Waals surface area contributed by atoms with Gasteiger partial charge in [-0.05, 0) is 36.4 Å². The molecule has 8 heteroatoms. The summed E-state index contributed by atoms with van der Waals surface area (Å²) in [4.78, 5) is 12.3. The van der Waals surface area contributed by atoms with E-state index in [0.717, 1.165) is 18.1 Å². The van der Waals surface area contributed by atoms with Crippen LogP contribution in [0.1, 0.15) is 6.42 Å². The molecule has 6 nitrogen and oxygen atoms in total. The maximum Gasteiger partial charge on any atom is 0.261 e. The van der Waals surface area contributed by atoms with E-state index < -0.39 is 10.0 Å². The lowest BCUT2D eigenvalue weighted by atomic mass is 10.2. The third-order valence-corrected chi connectivity index (χ3v) is 6.43. The molecule has 0 radical (unpaired) electrons. The molecule has 138 valence electrons. The molecule has 3 N–H and O–H groups in total. The predicted molar refractivity (Wildman–Crippen MR) is 106 cm³/mol. The number of benzene rings is 2. The Labute approximate surface area is 157 Å². The Morgan fingerprint density at radius 1 is 1.08 bits per heavy atom. The van der Waals surface area contributed by atoms with Crippen LogP contribution in [0.25, 0.3) is 0 Å². The van der Waals surface area contributed by atoms with Crippen LogP contribution >= 0.6 is 11.8 Å². The Bertz CT molecular complexity index is 834. The maximum atomic E-state index is 12.4. The maximum absolute atomic E-state index is 12.4. The Morgan fingerprint density at radius 3 is 2.46 bits per heavy atom. The highest BCUT2D eigenvalue weighted by atomic mass is 32.2. The topological polar surface area (TPSA) is 87.3 Å². The van der Waals surface area contributed by atoms with Crippen LogP contribution in [-0.2, 0) is 14.8 Å². The lowest BCUT2D eigenvalue weighted by Crippen LogP contribution is -2.39. The van der Waals surface area contributed by atoms with Gasteiger partial charge in [-0.15, -0.1) is 0 Å². The van der Waals surface area contributed by atoms with E-state index in [4.69, 9.17) is 0 Å². The number of thioether (sulfide) groups is 1. The van der Waals surface area contributed by atoms with Crippen LogP contribution in [-0.4, -0.2) is 38.4 Å². The van der Waals surface area contributed by atoms with Gasteiger partial charge in [0.15, 0.2) is 0 Å². The Hall–Kier alpha value is -2.03. The number of anilines is 2. The van der Waals surface area contributed by atoms with Crippen LogP contribution in [0.15, 0.2) is 59.5 Å². The van der Waals surface area contributed by atoms with Crippen LogP contribution in [0.5, 0.6) is 0 Å². The molecule has 0 saturated carbocycles. The molecule has 1 amide bonds. The minimum absolute atomic E-state index is 0.0805. The molecule has 1 saturated heterocycles. The van der Waals surface area contributed by atoms with Crippen molar-refractivity contribution in [2.24, 2.45) is 0 Å². The molecular weight excluding hydrogens is 370 g/mol. The molecule has 0 spiro atoms. The number of nitrogens with one attached hydrogen (secondary N) is 3. The number of amides is 1. The van der Waals surface area contributed by atoms with Gasteiger partial charge in [-0.1, -0.05) is 18.2 Å². The number of carbonyl (C=O) groups excluding carboxylic acids is 1. The molecule has 1 heterocycles. The largest absolute Gasteiger partial charge is 0.326 e. The van der Waals surface area contributed by atoms with Gasteiger partial charge in [0.05, 0.1) is 4.90 Å². The van der Waals surface area contributed by atoms with Gasteiger partial charge >= 0.3 is 0 Å². The van der Waals surface area contributed by atoms with Crippen molar-refractivity contribution in [2.75, 3.05) is 28.1 Å². The van der Waals surface area contributed by atoms with Crippen molar-refractivity contribution in [3.05, 3.63) is 54.6 Å². The average Bonchev–Trinajstić information content (AvgIpc) is 2.63. The Balaban J connectivity index is 1.59. The summed E-state index contributed by atoms with van der Waals surface area (Å²) in [6.45, 7) is 0.920. The summed E-state index contributed by atoms with van der Waals surface area (Å²) in [7, 11) is -3.66. The number of carbonyl (C=O) groups is 1. The third kappa shape index (κ3) is 5.23. The van der Waals surface area contributed by atoms with Crippen molar-refractivity contribution in [1.29, 1.82) is 0 Å². The van der Waals surface area contributed by atoms with E-state index in [9.17, 15) is 13.2 Å². The quantitative estimate of drug-likeness (QED) is 0.704. The van der Waals surface area contributed by atoms with Crippen molar-refractivity contribution in [3.8, 4) is 0 Å². The summed E-state index contributed by atoms with van der Waals surface area (Å²) >= 11 is 1.84. The predicted octanol–water partition coefficient (Wildman–Crippen LogP) is 2.52. The van der Waals surface area contributed by atoms with E-state index in [1.165, 1.54) is 12.1 Å². The van der Waals surface area contributed by atoms with Crippen molar-refractivity contribution in [2.45, 2.75) is 17.4 Å². The fraction of sp³-hybridized carbons (Fsp3) is 0.278. The second-order valence-corrected chi connectivity index (χ2v) is 8.81. The molecular formula is C18H21N3O3S2. The fourth-order valence-corrected chi connectivity index (χ4v) is 4.63. The van der Waals surface area contributed by atoms with E-state index in [0.29, 0.717) is 17.8 Å². The van der Waals surface area contributed by atoms with Gasteiger partial charge in [-0.3, -0.25) is 9.52 Å². The van der Waals surface area contributed by atoms with Crippen LogP contribution in [0.4, 0.5) is 11.4 Å². The molecule has 1 aliphatic rings. The van der Waals surface area contributed by atoms with E-state index in [2.05, 4.69) is 15.4 Å². The summed E-state index contributed by atoms with van der Waals surface area (Å²) in [6.07, 6.45) is 0.405. The molecule has 2 aromatic rings. The van der Waals surface area contributed by atoms with Gasteiger partial charge in [0.1, 0.15) is 0 Å². The normalized spacial score (nSPS) is 17.5. The highest BCUT2D eigenvalue weighted by Crippen LogP contribution is 2.18. The van der Waals surface area contributed by atoms with Crippen LogP contribution < -0.4 is 15.4 Å². The van der Waals surface area contributed by atoms with Crippen LogP contribution in [0.2, 0.25) is 0 Å². The smallest absolute Gasteiger partial charge is 0.261 e. The molecule has 0 bridgehead atoms. The van der Waals surface area contributed by atoms with Crippen molar-refractivity contribution in [1.82, 2.24) is 5.32 Å². The molecule has 1 aliphatic heterocycles. The lowest BCUT2D eigenvalue weighted by molar-refractivity contribution is -0.116. The van der Waals surface area contributed by atoms with Crippen LogP contribution in [0, 0.1) is 0 Å². The summed E-state index contributed by atoms with van der Waals surface area (Å²) in [6, 6.07) is 15.0. The van der Waals surface area contributed by atoms with Gasteiger partial charge in [0.2, 0.25) is 5.91 Å². The van der Waals surface area contributed by atoms with E-state index in [1.54, 1.807) is 36.4 Å². The number of hydrogen-bond acceptors (Lipinski definition) is 5. The molecule has 26 heavy (non-hydrogen) atoms. The summed E-state index contributed by atoms with van der Waals surface area (Å²) in [5.74, 6) is 1.92. The zero-order valence-corrected chi connectivity index (χ0v) is 15.8. The summed E-state index contributed by atoms with van der Waals surface area (Å²) in [5, 5.41) is 6.13. The molecule has 1 unspecified atom stereocenters. The van der Waals surface area contributed by atoms with E-state index >= 15 is 0 Å². The fourth-order valence-electron chi connectivity index (χ4n) is 2.62. The van der Waals surface area contributed by atoms with Gasteiger partial charge in [-0.25, -0.2) is 8.42 Å². The highest BCUT2D eigenvalue weighted by Gasteiger charge is 2.17. The Morgan fingerprint density at radius 2 is 1.81 bits per heavy atom. The first-order valence-corrected chi connectivity index (χ1v) is 11.0. The molecule has 1 atom stereocenters. The molecule has 1 fully saturated rings. The highest BCUT2D eigenvalue weighted by molar-refractivity contribution is 7.99. The monoisotopic (exact) mass is 391 g/mol. The first-order chi connectivity index (χ1) is 12.5. The number of sulfonamides is 1. The third-order valence-electron chi connectivity index (χ3n) is 3.90. The number of hydrogen-bond donors (Lipinski definition) is 3. The van der Waals surface area contributed by atoms with Gasteiger partial charge in [0, 0.05) is 41.9 Å². The molecule has 0 aromatic heterocycles. The first kappa shape index (κ1) is 18.8. The van der Waals surface area contributed by atoms with Gasteiger partial charge in [-0.2, -0.15) is 11.8 Å². The zero-order chi connectivity index (χ0) is 18.4. The van der Waals surface area contributed by atoms with Crippen LogP contribution in [0.3, 0.4) is 0 Å². The lowest BCUT2D eigenvalue weighted by Gasteiger charge is -2.22. The minimum atomic E-state index is -3.66. The standard InChI is InChI=1S/C18H21N3O3S2/c22-18(12-16-13-25-11-10-19-16)20-14-6-8-17(9-7-14)26(23,24)21-15-4-2-1-3-5-15/h1-9,16,19,21H,10-13H2,(H,20,22). The zero-order valence-electron chi connectivity index (χ0n) is 14.1. The summed E-state index contributed by atoms with van der Waals surface area (Å²) < 4.78 is 27.3. The average molecular weight is 392 g/mol. The number of rotatable bonds is 6. The van der Waals surface area contributed by atoms with Gasteiger partial charge < -0.3 is 10.6 Å². The molecule has 0 aliphatic carbocycles. The van der Waals surface area contributed by atoms with Crippen molar-refractivity contribution < 1.29 is 13.2 Å². The Kier molecular flexibility index (Phi) is 6.18. The van der Waals surface area contributed by atoms with Crippen molar-refractivity contribution >= 4 is 39.1 Å². The second kappa shape index (κ2) is 8.57. The SMILES string of the molecule is O=C(CC1CSCCN1)Nc1ccc(S(=O)(=O)Nc2ccccc2)cc1. The van der Waals surface area contributed by atoms with E-state index in [1.807, 2.05) is 17.8 Å². The second-order valence-electron chi connectivity index (χ2n) is 5.97. The molecule has 2 aromatic carbocycles. The number of para-hydroxylation sites is 1. The van der Waals surface area contributed by atoms with E-state index in [-0.39, 0.29) is 16.8 Å². The first-order valence-electron chi connectivity index (χ1n) is 8.32.